The van der Waals surface area contributed by atoms with Crippen LogP contribution in [-0.4, -0.2) is 37.3 Å². The third kappa shape index (κ3) is 4.10. The van der Waals surface area contributed by atoms with Crippen molar-refractivity contribution in [2.75, 3.05) is 0 Å². The predicted molar refractivity (Wildman–Crippen MR) is 80.8 cm³/mol. The molecule has 0 fully saturated rings. The molecule has 2 rings (SSSR count). The largest absolute Gasteiger partial charge is 0.386 e. The fourth-order valence-electron chi connectivity index (χ4n) is 2.24. The quantitative estimate of drug-likeness (QED) is 0.828. The predicted octanol–water partition coefficient (Wildman–Crippen LogP) is 1.31. The standard InChI is InChI=1S/C15H19F2N5O2/c1-8(2)15-19-20-21-22(15)7-13(23)18-9(3)14(24)10-4-5-11(16)12(17)6-10/h4-6,8-9,14,24H,7H2,1-3H3,(H,18,23). The van der Waals surface area contributed by atoms with Gasteiger partial charge in [-0.05, 0) is 35.0 Å². The highest BCUT2D eigenvalue weighted by Crippen LogP contribution is 2.19. The van der Waals surface area contributed by atoms with Gasteiger partial charge >= 0.3 is 0 Å². The van der Waals surface area contributed by atoms with Crippen molar-refractivity contribution in [1.29, 1.82) is 0 Å². The van der Waals surface area contributed by atoms with Crippen LogP contribution >= 0.6 is 0 Å². The zero-order chi connectivity index (χ0) is 17.9. The van der Waals surface area contributed by atoms with Crippen LogP contribution < -0.4 is 5.32 Å². The lowest BCUT2D eigenvalue weighted by Gasteiger charge is -2.21. The second kappa shape index (κ2) is 7.43. The second-order valence-corrected chi connectivity index (χ2v) is 5.82. The number of aliphatic hydroxyl groups excluding tert-OH is 1. The molecule has 7 nitrogen and oxygen atoms in total. The van der Waals surface area contributed by atoms with Gasteiger partial charge < -0.3 is 10.4 Å². The number of nitrogens with zero attached hydrogens (tertiary/aromatic N) is 4. The lowest BCUT2D eigenvalue weighted by atomic mass is 10.0. The molecule has 0 aliphatic rings. The molecule has 0 aliphatic carbocycles. The Hall–Kier alpha value is -2.42. The van der Waals surface area contributed by atoms with Crippen LogP contribution in [-0.2, 0) is 11.3 Å². The summed E-state index contributed by atoms with van der Waals surface area (Å²) in [6.45, 7) is 5.26. The number of aliphatic hydroxyl groups is 1. The lowest BCUT2D eigenvalue weighted by molar-refractivity contribution is -0.123. The van der Waals surface area contributed by atoms with Crippen molar-refractivity contribution in [2.24, 2.45) is 0 Å². The molecule has 0 aliphatic heterocycles. The summed E-state index contributed by atoms with van der Waals surface area (Å²) in [7, 11) is 0. The fraction of sp³-hybridized carbons (Fsp3) is 0.467. The van der Waals surface area contributed by atoms with E-state index < -0.39 is 29.7 Å². The Labute approximate surface area is 137 Å². The Kier molecular flexibility index (Phi) is 5.55. The van der Waals surface area contributed by atoms with E-state index in [1.165, 1.54) is 10.7 Å². The highest BCUT2D eigenvalue weighted by molar-refractivity contribution is 5.76. The number of hydrogen-bond donors (Lipinski definition) is 2. The van der Waals surface area contributed by atoms with Gasteiger partial charge in [0.25, 0.3) is 0 Å². The SMILES string of the molecule is CC(C)c1nnnn1CC(=O)NC(C)C(O)c1ccc(F)c(F)c1. The van der Waals surface area contributed by atoms with Gasteiger partial charge in [-0.1, -0.05) is 19.9 Å². The normalized spacial score (nSPS) is 13.8. The summed E-state index contributed by atoms with van der Waals surface area (Å²) >= 11 is 0. The van der Waals surface area contributed by atoms with Gasteiger partial charge in [0.15, 0.2) is 17.5 Å². The minimum Gasteiger partial charge on any atom is -0.386 e. The van der Waals surface area contributed by atoms with Gasteiger partial charge in [-0.15, -0.1) is 5.10 Å². The van der Waals surface area contributed by atoms with E-state index in [1.807, 2.05) is 13.8 Å². The molecule has 0 radical (unpaired) electrons. The smallest absolute Gasteiger partial charge is 0.242 e. The molecule has 1 aromatic heterocycles. The molecule has 0 saturated heterocycles. The van der Waals surface area contributed by atoms with Crippen molar-refractivity contribution in [3.05, 3.63) is 41.2 Å². The summed E-state index contributed by atoms with van der Waals surface area (Å²) in [6.07, 6.45) is -1.18. The molecule has 1 aromatic carbocycles. The van der Waals surface area contributed by atoms with Crippen LogP contribution in [0.3, 0.4) is 0 Å². The monoisotopic (exact) mass is 339 g/mol. The van der Waals surface area contributed by atoms with E-state index in [9.17, 15) is 18.7 Å². The van der Waals surface area contributed by atoms with Gasteiger partial charge in [0.05, 0.1) is 12.1 Å². The maximum Gasteiger partial charge on any atom is 0.242 e. The Morgan fingerprint density at radius 1 is 1.29 bits per heavy atom. The first-order chi connectivity index (χ1) is 11.3. The number of halogens is 2. The van der Waals surface area contributed by atoms with Gasteiger partial charge in [-0.2, -0.15) is 0 Å². The summed E-state index contributed by atoms with van der Waals surface area (Å²) in [6, 6.07) is 2.39. The molecule has 1 heterocycles. The Balaban J connectivity index is 2.00. The van der Waals surface area contributed by atoms with Crippen molar-refractivity contribution >= 4 is 5.91 Å². The molecular weight excluding hydrogens is 320 g/mol. The number of hydrogen-bond acceptors (Lipinski definition) is 5. The number of carbonyl (C=O) groups is 1. The molecule has 1 amide bonds. The van der Waals surface area contributed by atoms with Crippen LogP contribution in [0.1, 0.15) is 44.2 Å². The average Bonchev–Trinajstić information content (AvgIpc) is 2.97. The summed E-state index contributed by atoms with van der Waals surface area (Å²) < 4.78 is 27.6. The number of aromatic nitrogens is 4. The van der Waals surface area contributed by atoms with Crippen molar-refractivity contribution in [2.45, 2.75) is 45.4 Å². The molecular formula is C15H19F2N5O2. The minimum absolute atomic E-state index is 0.0537. The van der Waals surface area contributed by atoms with E-state index in [0.717, 1.165) is 12.1 Å². The van der Waals surface area contributed by atoms with Gasteiger partial charge in [-0.3, -0.25) is 4.79 Å². The Morgan fingerprint density at radius 3 is 2.62 bits per heavy atom. The zero-order valence-corrected chi connectivity index (χ0v) is 13.6. The maximum atomic E-state index is 13.2. The van der Waals surface area contributed by atoms with E-state index >= 15 is 0 Å². The van der Waals surface area contributed by atoms with E-state index in [0.29, 0.717) is 5.82 Å². The molecule has 0 saturated carbocycles. The van der Waals surface area contributed by atoms with Crippen LogP contribution in [0.2, 0.25) is 0 Å². The minimum atomic E-state index is -1.18. The van der Waals surface area contributed by atoms with Gasteiger partial charge in [0, 0.05) is 5.92 Å². The summed E-state index contributed by atoms with van der Waals surface area (Å²) in [5.41, 5.74) is 0.173. The Bertz CT molecular complexity index is 720. The molecule has 130 valence electrons. The van der Waals surface area contributed by atoms with Crippen LogP contribution in [0.4, 0.5) is 8.78 Å². The fourth-order valence-corrected chi connectivity index (χ4v) is 2.24. The highest BCUT2D eigenvalue weighted by atomic mass is 19.2. The number of benzene rings is 1. The summed E-state index contributed by atoms with van der Waals surface area (Å²) in [5, 5.41) is 23.9. The van der Waals surface area contributed by atoms with Gasteiger partial charge in [0.1, 0.15) is 6.54 Å². The summed E-state index contributed by atoms with van der Waals surface area (Å²) in [5.74, 6) is -1.84. The van der Waals surface area contributed by atoms with Gasteiger partial charge in [0.2, 0.25) is 5.91 Å². The Morgan fingerprint density at radius 2 is 2.00 bits per heavy atom. The van der Waals surface area contributed by atoms with Crippen molar-refractivity contribution in [3.8, 4) is 0 Å². The number of nitrogens with one attached hydrogen (secondary N) is 1. The molecule has 2 N–H and O–H groups in total. The number of carbonyl (C=O) groups excluding carboxylic acids is 1. The molecule has 24 heavy (non-hydrogen) atoms. The van der Waals surface area contributed by atoms with E-state index in [-0.39, 0.29) is 18.0 Å². The first-order valence-corrected chi connectivity index (χ1v) is 7.48. The first kappa shape index (κ1) is 17.9. The van der Waals surface area contributed by atoms with Crippen LogP contribution in [0, 0.1) is 11.6 Å². The van der Waals surface area contributed by atoms with E-state index in [2.05, 4.69) is 20.8 Å². The first-order valence-electron chi connectivity index (χ1n) is 7.48. The van der Waals surface area contributed by atoms with Crippen molar-refractivity contribution < 1.29 is 18.7 Å². The summed E-state index contributed by atoms with van der Waals surface area (Å²) in [4.78, 5) is 12.1. The topological polar surface area (TPSA) is 92.9 Å². The van der Waals surface area contributed by atoms with E-state index in [1.54, 1.807) is 6.92 Å². The van der Waals surface area contributed by atoms with Crippen molar-refractivity contribution in [3.63, 3.8) is 0 Å². The van der Waals surface area contributed by atoms with Crippen molar-refractivity contribution in [1.82, 2.24) is 25.5 Å². The van der Waals surface area contributed by atoms with Crippen LogP contribution in [0.25, 0.3) is 0 Å². The maximum absolute atomic E-state index is 13.2. The number of amides is 1. The second-order valence-electron chi connectivity index (χ2n) is 5.82. The third-order valence-corrected chi connectivity index (χ3v) is 3.52. The molecule has 9 heteroatoms. The lowest BCUT2D eigenvalue weighted by Crippen LogP contribution is -2.39. The molecule has 0 bridgehead atoms. The highest BCUT2D eigenvalue weighted by Gasteiger charge is 2.21. The molecule has 2 aromatic rings. The molecule has 0 spiro atoms. The van der Waals surface area contributed by atoms with Crippen LogP contribution in [0.15, 0.2) is 18.2 Å². The number of tetrazole rings is 1. The molecule has 2 atom stereocenters. The van der Waals surface area contributed by atoms with E-state index in [4.69, 9.17) is 0 Å². The molecule has 2 unspecified atom stereocenters. The van der Waals surface area contributed by atoms with Crippen LogP contribution in [0.5, 0.6) is 0 Å². The van der Waals surface area contributed by atoms with Gasteiger partial charge in [-0.25, -0.2) is 13.5 Å². The zero-order valence-electron chi connectivity index (χ0n) is 13.6. The average molecular weight is 339 g/mol. The number of rotatable bonds is 6. The third-order valence-electron chi connectivity index (χ3n) is 3.52.